The van der Waals surface area contributed by atoms with Crippen LogP contribution in [0, 0.1) is 0 Å². The van der Waals surface area contributed by atoms with Gasteiger partial charge in [-0.1, -0.05) is 11.2 Å². The molecule has 0 saturated heterocycles. The Morgan fingerprint density at radius 3 is 2.52 bits per heavy atom. The molecule has 2 N–H and O–H groups in total. The first-order valence-corrected chi connectivity index (χ1v) is 9.01. The smallest absolute Gasteiger partial charge is 0.192 e. The molecular formula is C19H29IN4O3. The van der Waals surface area contributed by atoms with Gasteiger partial charge in [0.1, 0.15) is 12.0 Å². The van der Waals surface area contributed by atoms with Crippen molar-refractivity contribution in [1.82, 2.24) is 15.8 Å². The summed E-state index contributed by atoms with van der Waals surface area (Å²) in [5.74, 6) is 2.23. The molecule has 0 radical (unpaired) electrons. The van der Waals surface area contributed by atoms with Gasteiger partial charge in [0.25, 0.3) is 0 Å². The predicted molar refractivity (Wildman–Crippen MR) is 117 cm³/mol. The minimum absolute atomic E-state index is 0. The van der Waals surface area contributed by atoms with Gasteiger partial charge in [0.15, 0.2) is 17.5 Å². The van der Waals surface area contributed by atoms with E-state index in [0.29, 0.717) is 19.8 Å². The second-order valence-electron chi connectivity index (χ2n) is 5.62. The van der Waals surface area contributed by atoms with E-state index in [1.807, 2.05) is 39.0 Å². The number of nitrogens with one attached hydrogen (secondary N) is 2. The zero-order valence-electron chi connectivity index (χ0n) is 16.3. The van der Waals surface area contributed by atoms with Gasteiger partial charge < -0.3 is 24.6 Å². The van der Waals surface area contributed by atoms with Crippen LogP contribution in [0.2, 0.25) is 0 Å². The van der Waals surface area contributed by atoms with E-state index >= 15 is 0 Å². The summed E-state index contributed by atoms with van der Waals surface area (Å²) in [6, 6.07) is 7.83. The van der Waals surface area contributed by atoms with Gasteiger partial charge in [0, 0.05) is 12.6 Å². The fourth-order valence-corrected chi connectivity index (χ4v) is 2.42. The molecule has 0 amide bonds. The van der Waals surface area contributed by atoms with Crippen LogP contribution in [0.4, 0.5) is 0 Å². The minimum atomic E-state index is 0. The second-order valence-corrected chi connectivity index (χ2v) is 5.62. The lowest BCUT2D eigenvalue weighted by molar-refractivity contribution is 0.287. The number of benzene rings is 1. The van der Waals surface area contributed by atoms with Crippen molar-refractivity contribution in [2.45, 2.75) is 40.3 Å². The molecule has 0 aliphatic heterocycles. The topological polar surface area (TPSA) is 80.9 Å². The van der Waals surface area contributed by atoms with E-state index in [9.17, 15) is 0 Å². The fourth-order valence-electron chi connectivity index (χ4n) is 2.42. The van der Waals surface area contributed by atoms with Gasteiger partial charge in [-0.05, 0) is 45.4 Å². The monoisotopic (exact) mass is 488 g/mol. The van der Waals surface area contributed by atoms with Crippen LogP contribution in [-0.2, 0) is 6.54 Å². The number of halogens is 1. The Hall–Kier alpha value is -1.97. The third-order valence-electron chi connectivity index (χ3n) is 3.66. The third kappa shape index (κ3) is 7.28. The van der Waals surface area contributed by atoms with Gasteiger partial charge in [-0.15, -0.1) is 24.0 Å². The molecule has 0 aliphatic rings. The number of ether oxygens (including phenoxy) is 2. The van der Waals surface area contributed by atoms with Gasteiger partial charge in [0.2, 0.25) is 0 Å². The van der Waals surface area contributed by atoms with E-state index in [1.165, 1.54) is 0 Å². The number of nitrogens with zero attached hydrogens (tertiary/aromatic N) is 2. The number of aliphatic imine (C=N–C) groups is 1. The molecule has 1 aromatic heterocycles. The molecule has 0 saturated carbocycles. The molecule has 0 spiro atoms. The van der Waals surface area contributed by atoms with Crippen LogP contribution in [0.15, 0.2) is 40.0 Å². The Morgan fingerprint density at radius 2 is 1.89 bits per heavy atom. The van der Waals surface area contributed by atoms with Crippen molar-refractivity contribution < 1.29 is 14.0 Å². The average molecular weight is 488 g/mol. The van der Waals surface area contributed by atoms with Gasteiger partial charge in [-0.3, -0.25) is 0 Å². The lowest BCUT2D eigenvalue weighted by Gasteiger charge is -2.20. The number of guanidine groups is 1. The van der Waals surface area contributed by atoms with Crippen LogP contribution >= 0.6 is 24.0 Å². The first-order chi connectivity index (χ1) is 12.7. The van der Waals surface area contributed by atoms with Crippen molar-refractivity contribution in [3.63, 3.8) is 0 Å². The second kappa shape index (κ2) is 12.4. The van der Waals surface area contributed by atoms with Crippen LogP contribution in [0.25, 0.3) is 0 Å². The molecule has 0 fully saturated rings. The summed E-state index contributed by atoms with van der Waals surface area (Å²) in [5.41, 5.74) is 1.87. The van der Waals surface area contributed by atoms with Crippen LogP contribution in [-0.4, -0.2) is 30.9 Å². The SMILES string of the molecule is CCNC(=NCc1ccon1)NC(C)c1ccc(OCC)c(OCC)c1.I. The lowest BCUT2D eigenvalue weighted by atomic mass is 10.1. The standard InChI is InChI=1S/C19H28N4O3.HI/c1-5-20-19(21-13-16-10-11-26-23-16)22-14(4)15-8-9-17(24-6-2)18(12-15)25-7-3;/h8-12,14H,5-7,13H2,1-4H3,(H2,20,21,22);1H. The van der Waals surface area contributed by atoms with E-state index in [1.54, 1.807) is 12.3 Å². The van der Waals surface area contributed by atoms with E-state index in [-0.39, 0.29) is 30.0 Å². The zero-order valence-corrected chi connectivity index (χ0v) is 18.7. The summed E-state index contributed by atoms with van der Waals surface area (Å²) in [5, 5.41) is 10.5. The Kier molecular flexibility index (Phi) is 10.6. The summed E-state index contributed by atoms with van der Waals surface area (Å²) in [4.78, 5) is 4.54. The summed E-state index contributed by atoms with van der Waals surface area (Å²) in [7, 11) is 0. The van der Waals surface area contributed by atoms with Crippen LogP contribution in [0.1, 0.15) is 45.0 Å². The molecular weight excluding hydrogens is 459 g/mol. The molecule has 2 rings (SSSR count). The highest BCUT2D eigenvalue weighted by Crippen LogP contribution is 2.30. The first kappa shape index (κ1) is 23.1. The maximum atomic E-state index is 5.71. The number of aromatic nitrogens is 1. The maximum Gasteiger partial charge on any atom is 0.192 e. The summed E-state index contributed by atoms with van der Waals surface area (Å²) < 4.78 is 16.2. The highest BCUT2D eigenvalue weighted by atomic mass is 127. The summed E-state index contributed by atoms with van der Waals surface area (Å²) in [6.45, 7) is 10.4. The fraction of sp³-hybridized carbons (Fsp3) is 0.474. The Morgan fingerprint density at radius 1 is 1.15 bits per heavy atom. The summed E-state index contributed by atoms with van der Waals surface area (Å²) in [6.07, 6.45) is 1.54. The Balaban J connectivity index is 0.00000364. The highest BCUT2D eigenvalue weighted by molar-refractivity contribution is 14.0. The van der Waals surface area contributed by atoms with Crippen LogP contribution in [0.3, 0.4) is 0 Å². The van der Waals surface area contributed by atoms with Gasteiger partial charge in [-0.25, -0.2) is 4.99 Å². The summed E-state index contributed by atoms with van der Waals surface area (Å²) >= 11 is 0. The Labute approximate surface area is 177 Å². The molecule has 1 atom stereocenters. The number of hydrogen-bond donors (Lipinski definition) is 2. The van der Waals surface area contributed by atoms with Crippen molar-refractivity contribution in [3.8, 4) is 11.5 Å². The average Bonchev–Trinajstić information content (AvgIpc) is 3.15. The van der Waals surface area contributed by atoms with Crippen molar-refractivity contribution in [1.29, 1.82) is 0 Å². The number of hydrogen-bond acceptors (Lipinski definition) is 5. The van der Waals surface area contributed by atoms with Gasteiger partial charge in [-0.2, -0.15) is 0 Å². The van der Waals surface area contributed by atoms with E-state index < -0.39 is 0 Å². The van der Waals surface area contributed by atoms with Crippen molar-refractivity contribution in [3.05, 3.63) is 41.8 Å². The molecule has 0 aliphatic carbocycles. The van der Waals surface area contributed by atoms with E-state index in [4.69, 9.17) is 14.0 Å². The predicted octanol–water partition coefficient (Wildman–Crippen LogP) is 3.91. The lowest BCUT2D eigenvalue weighted by Crippen LogP contribution is -2.38. The quantitative estimate of drug-likeness (QED) is 0.317. The molecule has 7 nitrogen and oxygen atoms in total. The van der Waals surface area contributed by atoms with Gasteiger partial charge in [0.05, 0.1) is 25.8 Å². The van der Waals surface area contributed by atoms with E-state index in [2.05, 4.69) is 27.7 Å². The highest BCUT2D eigenvalue weighted by Gasteiger charge is 2.12. The molecule has 1 unspecified atom stereocenters. The van der Waals surface area contributed by atoms with Gasteiger partial charge >= 0.3 is 0 Å². The van der Waals surface area contributed by atoms with Crippen LogP contribution in [0.5, 0.6) is 11.5 Å². The number of rotatable bonds is 9. The van der Waals surface area contributed by atoms with E-state index in [0.717, 1.165) is 35.3 Å². The molecule has 1 heterocycles. The molecule has 8 heteroatoms. The first-order valence-electron chi connectivity index (χ1n) is 9.01. The molecule has 1 aromatic carbocycles. The normalized spacial score (nSPS) is 12.1. The maximum absolute atomic E-state index is 5.71. The molecule has 0 bridgehead atoms. The largest absolute Gasteiger partial charge is 0.490 e. The van der Waals surface area contributed by atoms with Crippen molar-refractivity contribution in [2.75, 3.05) is 19.8 Å². The molecule has 2 aromatic rings. The van der Waals surface area contributed by atoms with Crippen molar-refractivity contribution >= 4 is 29.9 Å². The Bertz CT molecular complexity index is 692. The molecule has 27 heavy (non-hydrogen) atoms. The van der Waals surface area contributed by atoms with Crippen molar-refractivity contribution in [2.24, 2.45) is 4.99 Å². The third-order valence-corrected chi connectivity index (χ3v) is 3.66. The minimum Gasteiger partial charge on any atom is -0.490 e. The zero-order chi connectivity index (χ0) is 18.8. The van der Waals surface area contributed by atoms with Crippen LogP contribution < -0.4 is 20.1 Å². The molecule has 150 valence electrons.